The lowest BCUT2D eigenvalue weighted by Gasteiger charge is -2.39. The van der Waals surface area contributed by atoms with Crippen LogP contribution in [0.5, 0.6) is 0 Å². The summed E-state index contributed by atoms with van der Waals surface area (Å²) in [5.41, 5.74) is 4.99. The average molecular weight is 410 g/mol. The Morgan fingerprint density at radius 1 is 1.13 bits per heavy atom. The largest absolute Gasteiger partial charge is 0.346 e. The van der Waals surface area contributed by atoms with Gasteiger partial charge in [-0.15, -0.1) is 0 Å². The highest BCUT2D eigenvalue weighted by atomic mass is 14.9. The number of H-pyrrole nitrogens is 1. The van der Waals surface area contributed by atoms with Crippen LogP contribution in [0.3, 0.4) is 0 Å². The minimum absolute atomic E-state index is 0.217. The molecule has 156 valence electrons. The molecule has 1 aromatic heterocycles. The number of nitriles is 2. The Balaban J connectivity index is 1.49. The van der Waals surface area contributed by atoms with E-state index in [1.54, 1.807) is 0 Å². The number of aryl methyl sites for hydroxylation is 1. The van der Waals surface area contributed by atoms with E-state index in [-0.39, 0.29) is 11.3 Å². The van der Waals surface area contributed by atoms with Gasteiger partial charge < -0.3 is 10.3 Å². The number of aromatic nitrogens is 2. The van der Waals surface area contributed by atoms with Crippen molar-refractivity contribution in [2.45, 2.75) is 32.6 Å². The van der Waals surface area contributed by atoms with Gasteiger partial charge in [0.2, 0.25) is 0 Å². The molecule has 31 heavy (non-hydrogen) atoms. The lowest BCUT2D eigenvalue weighted by atomic mass is 9.66. The van der Waals surface area contributed by atoms with Crippen molar-refractivity contribution < 1.29 is 0 Å². The molecule has 1 saturated heterocycles. The van der Waals surface area contributed by atoms with Gasteiger partial charge in [0.1, 0.15) is 5.82 Å². The van der Waals surface area contributed by atoms with E-state index < -0.39 is 0 Å². The van der Waals surface area contributed by atoms with Gasteiger partial charge in [-0.1, -0.05) is 36.4 Å². The molecule has 2 N–H and O–H groups in total. The standard InChI is InChI=1S/C26H27N5/c1-19-4-2-3-5-22(19)14-26(18-28)10-11-29-16-23(26)13-24-17-30-25(31-24)12-20-6-8-21(15-27)9-7-20/h2-9,17,23,29H,10-14,16H2,1H3,(H,30,31). The Bertz CT molecular complexity index is 1120. The SMILES string of the molecule is Cc1ccccc1CC1(C#N)CCNCC1Cc1cnc(Cc2ccc(C#N)cc2)[nH]1. The normalized spacial score (nSPS) is 20.7. The number of aromatic amines is 1. The molecule has 2 unspecified atom stereocenters. The fourth-order valence-electron chi connectivity index (χ4n) is 4.58. The Kier molecular flexibility index (Phi) is 6.16. The average Bonchev–Trinajstić information content (AvgIpc) is 3.24. The van der Waals surface area contributed by atoms with E-state index in [9.17, 15) is 5.26 Å². The molecule has 0 amide bonds. The van der Waals surface area contributed by atoms with Gasteiger partial charge in [0, 0.05) is 18.3 Å². The first kappa shape index (κ1) is 20.8. The number of hydrogen-bond donors (Lipinski definition) is 2. The minimum Gasteiger partial charge on any atom is -0.346 e. The predicted octanol–water partition coefficient (Wildman–Crippen LogP) is 4.09. The van der Waals surface area contributed by atoms with Gasteiger partial charge in [0.05, 0.1) is 23.1 Å². The van der Waals surface area contributed by atoms with E-state index in [1.165, 1.54) is 11.1 Å². The second kappa shape index (κ2) is 9.16. The third-order valence-corrected chi connectivity index (χ3v) is 6.51. The molecule has 0 spiro atoms. The van der Waals surface area contributed by atoms with E-state index in [1.807, 2.05) is 30.5 Å². The highest BCUT2D eigenvalue weighted by Crippen LogP contribution is 2.39. The molecule has 5 heteroatoms. The Labute approximate surface area is 183 Å². The lowest BCUT2D eigenvalue weighted by Crippen LogP contribution is -2.46. The summed E-state index contributed by atoms with van der Waals surface area (Å²) in [5.74, 6) is 1.12. The number of nitrogens with one attached hydrogen (secondary N) is 2. The number of rotatable bonds is 6. The molecule has 1 fully saturated rings. The van der Waals surface area contributed by atoms with Crippen LogP contribution in [0.15, 0.2) is 54.7 Å². The topological polar surface area (TPSA) is 88.3 Å². The summed E-state index contributed by atoms with van der Waals surface area (Å²) in [4.78, 5) is 8.03. The van der Waals surface area contributed by atoms with E-state index >= 15 is 0 Å². The molecule has 1 aliphatic rings. The zero-order valence-corrected chi connectivity index (χ0v) is 17.9. The van der Waals surface area contributed by atoms with Crippen molar-refractivity contribution in [1.29, 1.82) is 10.5 Å². The van der Waals surface area contributed by atoms with Crippen molar-refractivity contribution in [3.8, 4) is 12.1 Å². The second-order valence-electron chi connectivity index (χ2n) is 8.57. The number of piperidine rings is 1. The van der Waals surface area contributed by atoms with Crippen LogP contribution in [0, 0.1) is 40.9 Å². The fourth-order valence-corrected chi connectivity index (χ4v) is 4.58. The molecule has 0 aliphatic carbocycles. The molecule has 5 nitrogen and oxygen atoms in total. The van der Waals surface area contributed by atoms with Crippen LogP contribution in [-0.2, 0) is 19.3 Å². The van der Waals surface area contributed by atoms with Crippen LogP contribution in [0.1, 0.15) is 40.2 Å². The summed E-state index contributed by atoms with van der Waals surface area (Å²) in [6.45, 7) is 3.84. The Morgan fingerprint density at radius 3 is 2.68 bits per heavy atom. The van der Waals surface area contributed by atoms with E-state index in [0.717, 1.165) is 49.4 Å². The molecule has 0 radical (unpaired) electrons. The molecular formula is C26H27N5. The van der Waals surface area contributed by atoms with Crippen molar-refractivity contribution in [2.75, 3.05) is 13.1 Å². The predicted molar refractivity (Wildman–Crippen MR) is 120 cm³/mol. The zero-order valence-electron chi connectivity index (χ0n) is 17.9. The zero-order chi connectivity index (χ0) is 21.7. The maximum atomic E-state index is 10.3. The summed E-state index contributed by atoms with van der Waals surface area (Å²) in [6, 6.07) is 20.9. The van der Waals surface area contributed by atoms with Gasteiger partial charge in [0.15, 0.2) is 0 Å². The van der Waals surface area contributed by atoms with Crippen LogP contribution in [-0.4, -0.2) is 23.1 Å². The van der Waals surface area contributed by atoms with Crippen molar-refractivity contribution in [1.82, 2.24) is 15.3 Å². The Morgan fingerprint density at radius 2 is 1.94 bits per heavy atom. The number of imidazole rings is 1. The van der Waals surface area contributed by atoms with Crippen LogP contribution in [0.4, 0.5) is 0 Å². The summed E-state index contributed by atoms with van der Waals surface area (Å²) in [5, 5.41) is 22.7. The first-order valence-corrected chi connectivity index (χ1v) is 10.8. The Hall–Kier alpha value is -3.41. The molecule has 2 atom stereocenters. The molecular weight excluding hydrogens is 382 g/mol. The summed E-state index contributed by atoms with van der Waals surface area (Å²) in [6.07, 6.45) is 5.04. The fraction of sp³-hybridized carbons (Fsp3) is 0.346. The third kappa shape index (κ3) is 4.68. The van der Waals surface area contributed by atoms with Crippen molar-refractivity contribution in [2.24, 2.45) is 11.3 Å². The molecule has 2 heterocycles. The van der Waals surface area contributed by atoms with Gasteiger partial charge in [-0.3, -0.25) is 0 Å². The van der Waals surface area contributed by atoms with Crippen LogP contribution in [0.25, 0.3) is 0 Å². The van der Waals surface area contributed by atoms with Crippen molar-refractivity contribution in [3.63, 3.8) is 0 Å². The van der Waals surface area contributed by atoms with Gasteiger partial charge in [-0.05, 0) is 74.0 Å². The van der Waals surface area contributed by atoms with Crippen LogP contribution >= 0.6 is 0 Å². The molecule has 4 rings (SSSR count). The number of benzene rings is 2. The molecule has 0 saturated carbocycles. The molecule has 3 aromatic rings. The molecule has 0 bridgehead atoms. The monoisotopic (exact) mass is 409 g/mol. The van der Waals surface area contributed by atoms with Gasteiger partial charge in [-0.25, -0.2) is 4.98 Å². The summed E-state index contributed by atoms with van der Waals surface area (Å²) < 4.78 is 0. The maximum absolute atomic E-state index is 10.3. The van der Waals surface area contributed by atoms with Crippen LogP contribution < -0.4 is 5.32 Å². The molecule has 1 aliphatic heterocycles. The van der Waals surface area contributed by atoms with E-state index in [0.29, 0.717) is 12.0 Å². The smallest absolute Gasteiger partial charge is 0.110 e. The van der Waals surface area contributed by atoms with E-state index in [4.69, 9.17) is 5.26 Å². The summed E-state index contributed by atoms with van der Waals surface area (Å²) >= 11 is 0. The molecule has 2 aromatic carbocycles. The third-order valence-electron chi connectivity index (χ3n) is 6.51. The minimum atomic E-state index is -0.379. The highest BCUT2D eigenvalue weighted by Gasteiger charge is 2.41. The van der Waals surface area contributed by atoms with Gasteiger partial charge >= 0.3 is 0 Å². The number of nitrogens with zero attached hydrogens (tertiary/aromatic N) is 3. The van der Waals surface area contributed by atoms with E-state index in [2.05, 4.69) is 58.6 Å². The van der Waals surface area contributed by atoms with Crippen LogP contribution in [0.2, 0.25) is 0 Å². The lowest BCUT2D eigenvalue weighted by molar-refractivity contribution is 0.171. The highest BCUT2D eigenvalue weighted by molar-refractivity contribution is 5.33. The first-order chi connectivity index (χ1) is 15.1. The maximum Gasteiger partial charge on any atom is 0.110 e. The first-order valence-electron chi connectivity index (χ1n) is 10.8. The number of hydrogen-bond acceptors (Lipinski definition) is 4. The van der Waals surface area contributed by atoms with Crippen molar-refractivity contribution in [3.05, 3.63) is 88.5 Å². The van der Waals surface area contributed by atoms with Gasteiger partial charge in [-0.2, -0.15) is 10.5 Å². The van der Waals surface area contributed by atoms with Crippen molar-refractivity contribution >= 4 is 0 Å². The quantitative estimate of drug-likeness (QED) is 0.642. The van der Waals surface area contributed by atoms with Gasteiger partial charge in [0.25, 0.3) is 0 Å². The second-order valence-corrected chi connectivity index (χ2v) is 8.57. The summed E-state index contributed by atoms with van der Waals surface area (Å²) in [7, 11) is 0.